The lowest BCUT2D eigenvalue weighted by molar-refractivity contribution is 0.219. The lowest BCUT2D eigenvalue weighted by atomic mass is 10.3. The van der Waals surface area contributed by atoms with E-state index in [1.807, 2.05) is 13.8 Å². The Morgan fingerprint density at radius 3 is 1.86 bits per heavy atom. The van der Waals surface area contributed by atoms with Crippen LogP contribution in [0, 0.1) is 0 Å². The highest BCUT2D eigenvalue weighted by atomic mass is 32.1. The van der Waals surface area contributed by atoms with Crippen LogP contribution in [0.4, 0.5) is 0 Å². The molecule has 0 bridgehead atoms. The average Bonchev–Trinajstić information content (AvgIpc) is 2.05. The van der Waals surface area contributed by atoms with E-state index in [1.54, 1.807) is 0 Å². The van der Waals surface area contributed by atoms with Crippen molar-refractivity contribution in [3.8, 4) is 0 Å². The summed E-state index contributed by atoms with van der Waals surface area (Å²) < 4.78 is 22.1. The average molecular weight is 242 g/mol. The molecule has 0 aliphatic rings. The van der Waals surface area contributed by atoms with E-state index >= 15 is 0 Å². The Balaban J connectivity index is 0. The van der Waals surface area contributed by atoms with Crippen molar-refractivity contribution in [1.82, 2.24) is 0 Å². The van der Waals surface area contributed by atoms with Crippen LogP contribution in [-0.4, -0.2) is 19.4 Å². The van der Waals surface area contributed by atoms with Gasteiger partial charge in [-0.3, -0.25) is 4.57 Å². The lowest BCUT2D eigenvalue weighted by Crippen LogP contribution is -2.00. The van der Waals surface area contributed by atoms with Crippen molar-refractivity contribution in [1.29, 1.82) is 0 Å². The summed E-state index contributed by atoms with van der Waals surface area (Å²) in [6.07, 6.45) is 3.69. The predicted molar refractivity (Wildman–Crippen MR) is 65.6 cm³/mol. The van der Waals surface area contributed by atoms with Crippen molar-refractivity contribution in [3.05, 3.63) is 0 Å². The van der Waals surface area contributed by atoms with Crippen LogP contribution in [0.15, 0.2) is 0 Å². The molecule has 0 heterocycles. The summed E-state index contributed by atoms with van der Waals surface area (Å²) >= 11 is 0. The van der Waals surface area contributed by atoms with Gasteiger partial charge < -0.3 is 9.05 Å². The lowest BCUT2D eigenvalue weighted by Gasteiger charge is -2.16. The Kier molecular flexibility index (Phi) is 12.1. The van der Waals surface area contributed by atoms with Crippen LogP contribution in [0.1, 0.15) is 40.0 Å². The highest BCUT2D eigenvalue weighted by Gasteiger charge is 2.21. The van der Waals surface area contributed by atoms with Gasteiger partial charge in [0.2, 0.25) is 0 Å². The molecule has 0 rings (SSSR count). The molecule has 0 N–H and O–H groups in total. The molecule has 0 fully saturated rings. The van der Waals surface area contributed by atoms with Crippen molar-refractivity contribution in [3.63, 3.8) is 0 Å². The van der Waals surface area contributed by atoms with Gasteiger partial charge in [-0.05, 0) is 20.3 Å². The van der Waals surface area contributed by atoms with Gasteiger partial charge in [0.1, 0.15) is 0 Å². The van der Waals surface area contributed by atoms with Crippen molar-refractivity contribution in [2.45, 2.75) is 40.0 Å². The van der Waals surface area contributed by atoms with Gasteiger partial charge in [-0.2, -0.15) is 13.5 Å². The fourth-order valence-corrected chi connectivity index (χ4v) is 2.85. The molecular weight excluding hydrogens is 219 g/mol. The van der Waals surface area contributed by atoms with Gasteiger partial charge in [-0.25, -0.2) is 0 Å². The van der Waals surface area contributed by atoms with Gasteiger partial charge in [0.15, 0.2) is 0 Å². The predicted octanol–water partition coefficient (Wildman–Crippen LogP) is 3.56. The van der Waals surface area contributed by atoms with E-state index < -0.39 is 7.60 Å². The summed E-state index contributed by atoms with van der Waals surface area (Å²) in [5.74, 6) is 0. The van der Waals surface area contributed by atoms with Crippen molar-refractivity contribution in [2.75, 3.05) is 19.4 Å². The van der Waals surface area contributed by atoms with Gasteiger partial charge in [-0.15, -0.1) is 0 Å². The van der Waals surface area contributed by atoms with Crippen LogP contribution in [0.3, 0.4) is 0 Å². The monoisotopic (exact) mass is 242 g/mol. The van der Waals surface area contributed by atoms with E-state index in [2.05, 4.69) is 6.92 Å². The van der Waals surface area contributed by atoms with Gasteiger partial charge in [-0.1, -0.05) is 19.8 Å². The van der Waals surface area contributed by atoms with E-state index in [4.69, 9.17) is 9.05 Å². The van der Waals surface area contributed by atoms with Gasteiger partial charge in [0.05, 0.1) is 19.4 Å². The standard InChI is InChI=1S/C9H21O3P.H2S/c1-4-7-8-9-13(10,11-5-2)12-6-3;/h4-9H2,1-3H3;1H2. The maximum absolute atomic E-state index is 11.8. The zero-order valence-electron chi connectivity index (χ0n) is 9.41. The third-order valence-electron chi connectivity index (χ3n) is 1.69. The van der Waals surface area contributed by atoms with E-state index in [1.165, 1.54) is 0 Å². The molecule has 0 aliphatic carbocycles. The molecule has 0 amide bonds. The molecule has 0 spiro atoms. The minimum atomic E-state index is -2.75. The maximum Gasteiger partial charge on any atom is 0.330 e. The van der Waals surface area contributed by atoms with Crippen molar-refractivity contribution < 1.29 is 13.6 Å². The van der Waals surface area contributed by atoms with Crippen LogP contribution in [0.2, 0.25) is 0 Å². The molecule has 14 heavy (non-hydrogen) atoms. The molecule has 88 valence electrons. The maximum atomic E-state index is 11.8. The molecule has 0 aromatic carbocycles. The molecule has 0 saturated carbocycles. The first-order chi connectivity index (χ1) is 6.18. The summed E-state index contributed by atoms with van der Waals surface area (Å²) in [5.41, 5.74) is 0. The minimum Gasteiger partial charge on any atom is -0.309 e. The number of rotatable bonds is 8. The van der Waals surface area contributed by atoms with Crippen LogP contribution < -0.4 is 0 Å². The number of unbranched alkanes of at least 4 members (excludes halogenated alkanes) is 2. The summed E-state index contributed by atoms with van der Waals surface area (Å²) in [7, 11) is -2.75. The third-order valence-corrected chi connectivity index (χ3v) is 3.85. The van der Waals surface area contributed by atoms with Crippen molar-refractivity contribution >= 4 is 21.1 Å². The second-order valence-electron chi connectivity index (χ2n) is 2.88. The zero-order valence-corrected chi connectivity index (χ0v) is 11.3. The fourth-order valence-electron chi connectivity index (χ4n) is 1.12. The topological polar surface area (TPSA) is 35.5 Å². The van der Waals surface area contributed by atoms with E-state index in [0.717, 1.165) is 19.3 Å². The summed E-state index contributed by atoms with van der Waals surface area (Å²) in [4.78, 5) is 0. The molecule has 0 atom stereocenters. The van der Waals surface area contributed by atoms with Crippen LogP contribution in [-0.2, 0) is 13.6 Å². The van der Waals surface area contributed by atoms with E-state index in [-0.39, 0.29) is 13.5 Å². The first-order valence-corrected chi connectivity index (χ1v) is 6.79. The van der Waals surface area contributed by atoms with Crippen LogP contribution in [0.25, 0.3) is 0 Å². The van der Waals surface area contributed by atoms with E-state index in [0.29, 0.717) is 19.4 Å². The number of hydrogen-bond acceptors (Lipinski definition) is 3. The first kappa shape index (κ1) is 16.9. The molecule has 0 radical (unpaired) electrons. The molecular formula is C9H23O3PS. The summed E-state index contributed by atoms with van der Waals surface area (Å²) in [6, 6.07) is 0. The second kappa shape index (κ2) is 10.0. The quantitative estimate of drug-likeness (QED) is 0.482. The summed E-state index contributed by atoms with van der Waals surface area (Å²) in [5, 5.41) is 0. The highest BCUT2D eigenvalue weighted by Crippen LogP contribution is 2.48. The normalized spacial score (nSPS) is 11.1. The molecule has 0 aromatic heterocycles. The Hall–Kier alpha value is 0.500. The summed E-state index contributed by atoms with van der Waals surface area (Å²) in [6.45, 7) is 6.72. The van der Waals surface area contributed by atoms with Gasteiger partial charge >= 0.3 is 7.60 Å². The smallest absolute Gasteiger partial charge is 0.309 e. The van der Waals surface area contributed by atoms with E-state index in [9.17, 15) is 4.57 Å². The molecule has 3 nitrogen and oxygen atoms in total. The van der Waals surface area contributed by atoms with Gasteiger partial charge in [0, 0.05) is 0 Å². The molecule has 0 saturated heterocycles. The Labute approximate surface area is 94.5 Å². The SMILES string of the molecule is CCCCCP(=O)(OCC)OCC.S. The second-order valence-corrected chi connectivity index (χ2v) is 5.06. The van der Waals surface area contributed by atoms with Crippen LogP contribution >= 0.6 is 21.1 Å². The highest BCUT2D eigenvalue weighted by molar-refractivity contribution is 7.59. The van der Waals surface area contributed by atoms with Crippen LogP contribution in [0.5, 0.6) is 0 Å². The Bertz CT molecular complexity index is 154. The van der Waals surface area contributed by atoms with Crippen molar-refractivity contribution in [2.24, 2.45) is 0 Å². The fraction of sp³-hybridized carbons (Fsp3) is 1.00. The van der Waals surface area contributed by atoms with Gasteiger partial charge in [0.25, 0.3) is 0 Å². The Morgan fingerprint density at radius 2 is 1.50 bits per heavy atom. The zero-order chi connectivity index (χ0) is 10.2. The largest absolute Gasteiger partial charge is 0.330 e. The molecule has 0 unspecified atom stereocenters. The number of hydrogen-bond donors (Lipinski definition) is 0. The third kappa shape index (κ3) is 7.86. The molecule has 5 heteroatoms. The first-order valence-electron chi connectivity index (χ1n) is 5.06. The Morgan fingerprint density at radius 1 is 1.00 bits per heavy atom. The molecule has 0 aliphatic heterocycles. The minimum absolute atomic E-state index is 0. The molecule has 0 aromatic rings.